The Morgan fingerprint density at radius 1 is 1.33 bits per heavy atom. The van der Waals surface area contributed by atoms with Gasteiger partial charge in [0.2, 0.25) is 0 Å². The quantitative estimate of drug-likeness (QED) is 0.501. The summed E-state index contributed by atoms with van der Waals surface area (Å²) < 4.78 is 14.9. The summed E-state index contributed by atoms with van der Waals surface area (Å²) in [4.78, 5) is 12.9. The zero-order valence-corrected chi connectivity index (χ0v) is 6.69. The lowest BCUT2D eigenvalue weighted by Gasteiger charge is -2.29. The SMILES string of the molecule is O=C1OCCC1N1COCOC1. The van der Waals surface area contributed by atoms with E-state index in [1.807, 2.05) is 4.90 Å². The first-order valence-electron chi connectivity index (χ1n) is 3.94. The third-order valence-electron chi connectivity index (χ3n) is 2.03. The van der Waals surface area contributed by atoms with Gasteiger partial charge >= 0.3 is 5.97 Å². The van der Waals surface area contributed by atoms with Crippen LogP contribution in [0.15, 0.2) is 0 Å². The van der Waals surface area contributed by atoms with Crippen LogP contribution in [0.5, 0.6) is 0 Å². The van der Waals surface area contributed by atoms with E-state index in [0.29, 0.717) is 26.9 Å². The van der Waals surface area contributed by atoms with Crippen molar-refractivity contribution in [1.29, 1.82) is 0 Å². The highest BCUT2D eigenvalue weighted by atomic mass is 16.7. The fourth-order valence-electron chi connectivity index (χ4n) is 1.40. The highest BCUT2D eigenvalue weighted by Gasteiger charge is 2.33. The van der Waals surface area contributed by atoms with Gasteiger partial charge in [0, 0.05) is 6.42 Å². The minimum Gasteiger partial charge on any atom is -0.464 e. The fraction of sp³-hybridized carbons (Fsp3) is 0.857. The average molecular weight is 173 g/mol. The molecule has 2 fully saturated rings. The molecule has 1 atom stereocenters. The smallest absolute Gasteiger partial charge is 0.323 e. The monoisotopic (exact) mass is 173 g/mol. The van der Waals surface area contributed by atoms with Crippen LogP contribution in [-0.2, 0) is 19.0 Å². The van der Waals surface area contributed by atoms with Gasteiger partial charge in [0.1, 0.15) is 26.3 Å². The Morgan fingerprint density at radius 2 is 2.08 bits per heavy atom. The molecule has 2 saturated heterocycles. The summed E-state index contributed by atoms with van der Waals surface area (Å²) >= 11 is 0. The van der Waals surface area contributed by atoms with Crippen LogP contribution in [0.4, 0.5) is 0 Å². The number of hydrogen-bond donors (Lipinski definition) is 0. The van der Waals surface area contributed by atoms with Gasteiger partial charge in [-0.2, -0.15) is 0 Å². The largest absolute Gasteiger partial charge is 0.464 e. The number of hydrogen-bond acceptors (Lipinski definition) is 5. The summed E-state index contributed by atoms with van der Waals surface area (Å²) in [5.41, 5.74) is 0. The summed E-state index contributed by atoms with van der Waals surface area (Å²) in [6.45, 7) is 1.75. The predicted octanol–water partition coefficient (Wildman–Crippen LogP) is -0.477. The maximum Gasteiger partial charge on any atom is 0.323 e. The lowest BCUT2D eigenvalue weighted by atomic mass is 10.2. The molecule has 12 heavy (non-hydrogen) atoms. The third-order valence-corrected chi connectivity index (χ3v) is 2.03. The van der Waals surface area contributed by atoms with Gasteiger partial charge in [-0.15, -0.1) is 0 Å². The maximum absolute atomic E-state index is 11.1. The molecule has 5 nitrogen and oxygen atoms in total. The van der Waals surface area contributed by atoms with Crippen molar-refractivity contribution in [1.82, 2.24) is 4.90 Å². The molecule has 2 heterocycles. The topological polar surface area (TPSA) is 48.0 Å². The molecule has 0 N–H and O–H groups in total. The van der Waals surface area contributed by atoms with Gasteiger partial charge in [0.05, 0.1) is 6.61 Å². The van der Waals surface area contributed by atoms with E-state index in [4.69, 9.17) is 14.2 Å². The van der Waals surface area contributed by atoms with Gasteiger partial charge in [-0.05, 0) is 0 Å². The van der Waals surface area contributed by atoms with Crippen LogP contribution in [0, 0.1) is 0 Å². The highest BCUT2D eigenvalue weighted by Crippen LogP contribution is 2.15. The number of carbonyl (C=O) groups is 1. The summed E-state index contributed by atoms with van der Waals surface area (Å²) in [5, 5.41) is 0. The second kappa shape index (κ2) is 3.38. The van der Waals surface area contributed by atoms with Gasteiger partial charge < -0.3 is 14.2 Å². The third kappa shape index (κ3) is 1.43. The second-order valence-corrected chi connectivity index (χ2v) is 2.85. The van der Waals surface area contributed by atoms with E-state index in [-0.39, 0.29) is 12.0 Å². The fourth-order valence-corrected chi connectivity index (χ4v) is 1.40. The Kier molecular flexibility index (Phi) is 2.25. The van der Waals surface area contributed by atoms with E-state index in [1.54, 1.807) is 0 Å². The van der Waals surface area contributed by atoms with Crippen LogP contribution in [-0.4, -0.2) is 43.8 Å². The maximum atomic E-state index is 11.1. The normalized spacial score (nSPS) is 32.0. The first-order chi connectivity index (χ1) is 5.88. The first-order valence-corrected chi connectivity index (χ1v) is 3.94. The molecule has 5 heteroatoms. The molecule has 0 bridgehead atoms. The van der Waals surface area contributed by atoms with Crippen molar-refractivity contribution in [2.45, 2.75) is 12.5 Å². The number of rotatable bonds is 1. The summed E-state index contributed by atoms with van der Waals surface area (Å²) in [5.74, 6) is -0.163. The summed E-state index contributed by atoms with van der Waals surface area (Å²) in [6.07, 6.45) is 0.742. The molecule has 0 aromatic heterocycles. The van der Waals surface area contributed by atoms with E-state index >= 15 is 0 Å². The number of cyclic esters (lactones) is 1. The van der Waals surface area contributed by atoms with E-state index in [1.165, 1.54) is 0 Å². The van der Waals surface area contributed by atoms with Gasteiger partial charge in [0.25, 0.3) is 0 Å². The lowest BCUT2D eigenvalue weighted by Crippen LogP contribution is -2.44. The van der Waals surface area contributed by atoms with Crippen molar-refractivity contribution >= 4 is 5.97 Å². The van der Waals surface area contributed by atoms with Crippen molar-refractivity contribution in [3.8, 4) is 0 Å². The Balaban J connectivity index is 1.93. The van der Waals surface area contributed by atoms with Crippen LogP contribution in [0.3, 0.4) is 0 Å². The number of esters is 1. The molecule has 68 valence electrons. The Hall–Kier alpha value is -0.650. The Labute approximate surface area is 70.2 Å². The van der Waals surface area contributed by atoms with Gasteiger partial charge in [0.15, 0.2) is 0 Å². The van der Waals surface area contributed by atoms with Crippen molar-refractivity contribution in [3.05, 3.63) is 0 Å². The van der Waals surface area contributed by atoms with Crippen molar-refractivity contribution < 1.29 is 19.0 Å². The predicted molar refractivity (Wildman–Crippen MR) is 38.0 cm³/mol. The average Bonchev–Trinajstić information content (AvgIpc) is 2.53. The standard InChI is InChI=1S/C7H11NO4/c9-7-6(1-2-12-7)8-3-10-5-11-4-8/h6H,1-5H2. The molecular weight excluding hydrogens is 162 g/mol. The van der Waals surface area contributed by atoms with Gasteiger partial charge in [-0.3, -0.25) is 4.79 Å². The molecule has 0 radical (unpaired) electrons. The molecule has 2 rings (SSSR count). The molecule has 0 saturated carbocycles. The zero-order valence-electron chi connectivity index (χ0n) is 6.69. The number of carbonyl (C=O) groups excluding carboxylic acids is 1. The molecule has 0 aromatic rings. The molecular formula is C7H11NO4. The van der Waals surface area contributed by atoms with E-state index in [2.05, 4.69) is 0 Å². The highest BCUT2D eigenvalue weighted by molar-refractivity contribution is 5.77. The van der Waals surface area contributed by atoms with Gasteiger partial charge in [-0.25, -0.2) is 4.90 Å². The van der Waals surface area contributed by atoms with Crippen LogP contribution in [0.2, 0.25) is 0 Å². The number of ether oxygens (including phenoxy) is 3. The molecule has 2 aliphatic heterocycles. The zero-order chi connectivity index (χ0) is 8.39. The minimum atomic E-state index is -0.163. The first kappa shape index (κ1) is 7.97. The van der Waals surface area contributed by atoms with Crippen molar-refractivity contribution in [3.63, 3.8) is 0 Å². The molecule has 1 unspecified atom stereocenters. The molecule has 0 aromatic carbocycles. The van der Waals surface area contributed by atoms with Crippen LogP contribution < -0.4 is 0 Å². The van der Waals surface area contributed by atoms with E-state index in [0.717, 1.165) is 6.42 Å². The molecule has 0 amide bonds. The second-order valence-electron chi connectivity index (χ2n) is 2.85. The van der Waals surface area contributed by atoms with E-state index in [9.17, 15) is 4.79 Å². The number of nitrogens with zero attached hydrogens (tertiary/aromatic N) is 1. The van der Waals surface area contributed by atoms with Crippen LogP contribution in [0.25, 0.3) is 0 Å². The Morgan fingerprint density at radius 3 is 2.67 bits per heavy atom. The van der Waals surface area contributed by atoms with Crippen LogP contribution in [0.1, 0.15) is 6.42 Å². The van der Waals surface area contributed by atoms with E-state index < -0.39 is 0 Å². The summed E-state index contributed by atoms with van der Waals surface area (Å²) in [7, 11) is 0. The molecule has 2 aliphatic rings. The minimum absolute atomic E-state index is 0.162. The summed E-state index contributed by atoms with van der Waals surface area (Å²) in [6, 6.07) is -0.162. The molecule has 0 aliphatic carbocycles. The lowest BCUT2D eigenvalue weighted by molar-refractivity contribution is -0.197. The van der Waals surface area contributed by atoms with Gasteiger partial charge in [-0.1, -0.05) is 0 Å². The Bertz CT molecular complexity index is 178. The van der Waals surface area contributed by atoms with Crippen molar-refractivity contribution in [2.24, 2.45) is 0 Å². The van der Waals surface area contributed by atoms with Crippen molar-refractivity contribution in [2.75, 3.05) is 26.9 Å². The van der Waals surface area contributed by atoms with Crippen LogP contribution >= 0.6 is 0 Å². The molecule has 0 spiro atoms.